The third-order valence-corrected chi connectivity index (χ3v) is 6.23. The molecule has 0 bridgehead atoms. The number of thioether (sulfide) groups is 1. The number of benzene rings is 1. The van der Waals surface area contributed by atoms with Gasteiger partial charge in [-0.15, -0.1) is 11.8 Å². The lowest BCUT2D eigenvalue weighted by atomic mass is 9.97. The van der Waals surface area contributed by atoms with E-state index in [2.05, 4.69) is 10.6 Å². The molecule has 7 heteroatoms. The van der Waals surface area contributed by atoms with Gasteiger partial charge in [0.25, 0.3) is 0 Å². The van der Waals surface area contributed by atoms with Crippen molar-refractivity contribution in [1.29, 1.82) is 0 Å². The number of piperidine rings is 1. The van der Waals surface area contributed by atoms with Crippen LogP contribution >= 0.6 is 11.8 Å². The van der Waals surface area contributed by atoms with E-state index in [4.69, 9.17) is 0 Å². The Labute approximate surface area is 164 Å². The smallest absolute Gasteiger partial charge is 0.237 e. The molecule has 0 spiro atoms. The maximum Gasteiger partial charge on any atom is 0.237 e. The molecule has 2 atom stereocenters. The second-order valence-electron chi connectivity index (χ2n) is 7.29. The highest BCUT2D eigenvalue weighted by Crippen LogP contribution is 2.21. The first-order valence-corrected chi connectivity index (χ1v) is 10.8. The molecule has 0 saturated carbocycles. The van der Waals surface area contributed by atoms with Gasteiger partial charge in [0.1, 0.15) is 5.82 Å². The fourth-order valence-electron chi connectivity index (χ4n) is 3.68. The Bertz CT molecular complexity index is 635. The molecule has 1 aromatic rings. The van der Waals surface area contributed by atoms with Crippen molar-refractivity contribution in [3.05, 3.63) is 30.1 Å². The first-order chi connectivity index (χ1) is 13.1. The molecule has 1 aromatic carbocycles. The van der Waals surface area contributed by atoms with Gasteiger partial charge in [0, 0.05) is 36.7 Å². The second-order valence-corrected chi connectivity index (χ2v) is 8.46. The summed E-state index contributed by atoms with van der Waals surface area (Å²) in [6.07, 6.45) is 4.48. The standard InChI is InChI=1S/C20H28FN3O2S/c21-16-5-7-17(8-6-16)27-12-9-19(25)24-11-2-3-15(14-24)13-23-20(26)18-4-1-10-22-18/h5-8,15,18,22H,1-4,9-14H2,(H,23,26). The quantitative estimate of drug-likeness (QED) is 0.699. The average molecular weight is 394 g/mol. The van der Waals surface area contributed by atoms with Crippen LogP contribution in [-0.4, -0.2) is 54.7 Å². The van der Waals surface area contributed by atoms with E-state index in [1.54, 1.807) is 23.9 Å². The van der Waals surface area contributed by atoms with Crippen LogP contribution in [-0.2, 0) is 9.59 Å². The van der Waals surface area contributed by atoms with Gasteiger partial charge in [-0.05, 0) is 62.4 Å². The number of carbonyl (C=O) groups is 2. The number of halogens is 1. The van der Waals surface area contributed by atoms with Gasteiger partial charge in [0.05, 0.1) is 6.04 Å². The van der Waals surface area contributed by atoms with Crippen LogP contribution in [0.3, 0.4) is 0 Å². The molecule has 2 heterocycles. The minimum Gasteiger partial charge on any atom is -0.354 e. The van der Waals surface area contributed by atoms with E-state index in [9.17, 15) is 14.0 Å². The molecule has 0 aromatic heterocycles. The largest absolute Gasteiger partial charge is 0.354 e. The molecule has 2 aliphatic heterocycles. The van der Waals surface area contributed by atoms with Crippen LogP contribution in [0.25, 0.3) is 0 Å². The predicted molar refractivity (Wildman–Crippen MR) is 105 cm³/mol. The lowest BCUT2D eigenvalue weighted by Gasteiger charge is -2.33. The van der Waals surface area contributed by atoms with Crippen LogP contribution in [0.4, 0.5) is 4.39 Å². The van der Waals surface area contributed by atoms with Crippen molar-refractivity contribution in [2.45, 2.75) is 43.0 Å². The number of rotatable bonds is 7. The minimum absolute atomic E-state index is 0.0465. The summed E-state index contributed by atoms with van der Waals surface area (Å²) in [7, 11) is 0. The lowest BCUT2D eigenvalue weighted by Crippen LogP contribution is -2.46. The third kappa shape index (κ3) is 6.21. The van der Waals surface area contributed by atoms with Crippen LogP contribution in [0.15, 0.2) is 29.2 Å². The highest BCUT2D eigenvalue weighted by atomic mass is 32.2. The second kappa shape index (κ2) is 10.1. The van der Waals surface area contributed by atoms with Gasteiger partial charge in [-0.25, -0.2) is 4.39 Å². The molecule has 2 N–H and O–H groups in total. The van der Waals surface area contributed by atoms with E-state index in [0.717, 1.165) is 50.2 Å². The van der Waals surface area contributed by atoms with Gasteiger partial charge in [-0.3, -0.25) is 9.59 Å². The fraction of sp³-hybridized carbons (Fsp3) is 0.600. The zero-order chi connectivity index (χ0) is 19.1. The molecule has 2 saturated heterocycles. The van der Waals surface area contributed by atoms with Crippen molar-refractivity contribution in [3.63, 3.8) is 0 Å². The number of carbonyl (C=O) groups excluding carboxylic acids is 2. The Morgan fingerprint density at radius 2 is 2.04 bits per heavy atom. The summed E-state index contributed by atoms with van der Waals surface area (Å²) in [6.45, 7) is 3.08. The van der Waals surface area contributed by atoms with Crippen molar-refractivity contribution in [3.8, 4) is 0 Å². The number of nitrogens with zero attached hydrogens (tertiary/aromatic N) is 1. The topological polar surface area (TPSA) is 61.4 Å². The fourth-order valence-corrected chi connectivity index (χ4v) is 4.52. The first-order valence-electron chi connectivity index (χ1n) is 9.79. The number of nitrogens with one attached hydrogen (secondary N) is 2. The molecule has 148 valence electrons. The maximum atomic E-state index is 12.9. The third-order valence-electron chi connectivity index (χ3n) is 5.21. The number of amides is 2. The Morgan fingerprint density at radius 3 is 2.78 bits per heavy atom. The summed E-state index contributed by atoms with van der Waals surface area (Å²) in [6, 6.07) is 6.31. The Kier molecular flexibility index (Phi) is 7.52. The summed E-state index contributed by atoms with van der Waals surface area (Å²) < 4.78 is 12.9. The van der Waals surface area contributed by atoms with E-state index in [1.165, 1.54) is 12.1 Å². The van der Waals surface area contributed by atoms with Crippen LogP contribution in [0.5, 0.6) is 0 Å². The average Bonchev–Trinajstić information content (AvgIpc) is 3.23. The van der Waals surface area contributed by atoms with Gasteiger partial charge in [0.2, 0.25) is 11.8 Å². The van der Waals surface area contributed by atoms with E-state index in [-0.39, 0.29) is 23.7 Å². The van der Waals surface area contributed by atoms with Gasteiger partial charge in [0.15, 0.2) is 0 Å². The summed E-state index contributed by atoms with van der Waals surface area (Å²) in [4.78, 5) is 27.5. The van der Waals surface area contributed by atoms with Gasteiger partial charge in [-0.1, -0.05) is 0 Å². The first kappa shape index (κ1) is 20.1. The van der Waals surface area contributed by atoms with Gasteiger partial charge < -0.3 is 15.5 Å². The maximum absolute atomic E-state index is 12.9. The monoisotopic (exact) mass is 393 g/mol. The highest BCUT2D eigenvalue weighted by molar-refractivity contribution is 7.99. The molecular weight excluding hydrogens is 365 g/mol. The molecule has 2 fully saturated rings. The van der Waals surface area contributed by atoms with Crippen molar-refractivity contribution < 1.29 is 14.0 Å². The van der Waals surface area contributed by atoms with E-state index >= 15 is 0 Å². The van der Waals surface area contributed by atoms with Crippen LogP contribution < -0.4 is 10.6 Å². The predicted octanol–water partition coefficient (Wildman–Crippen LogP) is 2.41. The number of likely N-dealkylation sites (tertiary alicyclic amines) is 1. The molecule has 0 radical (unpaired) electrons. The molecule has 2 aliphatic rings. The SMILES string of the molecule is O=C(NCC1CCCN(C(=O)CCSc2ccc(F)cc2)C1)C1CCCN1. The molecule has 5 nitrogen and oxygen atoms in total. The Morgan fingerprint density at radius 1 is 1.22 bits per heavy atom. The van der Waals surface area contributed by atoms with E-state index in [1.807, 2.05) is 4.90 Å². The molecule has 2 unspecified atom stereocenters. The van der Waals surface area contributed by atoms with E-state index < -0.39 is 0 Å². The summed E-state index contributed by atoms with van der Waals surface area (Å²) in [5, 5.41) is 6.26. The molecule has 27 heavy (non-hydrogen) atoms. The van der Waals surface area contributed by atoms with Crippen molar-refractivity contribution in [2.24, 2.45) is 5.92 Å². The zero-order valence-electron chi connectivity index (χ0n) is 15.6. The zero-order valence-corrected chi connectivity index (χ0v) is 16.4. The molecule has 2 amide bonds. The van der Waals surface area contributed by atoms with Gasteiger partial charge >= 0.3 is 0 Å². The normalized spacial score (nSPS) is 22.6. The van der Waals surface area contributed by atoms with Crippen LogP contribution in [0.1, 0.15) is 32.1 Å². The molecule has 0 aliphatic carbocycles. The Balaban J connectivity index is 1.37. The number of hydrogen-bond acceptors (Lipinski definition) is 4. The summed E-state index contributed by atoms with van der Waals surface area (Å²) in [5.41, 5.74) is 0. The van der Waals surface area contributed by atoms with Crippen molar-refractivity contribution >= 4 is 23.6 Å². The van der Waals surface area contributed by atoms with Gasteiger partial charge in [-0.2, -0.15) is 0 Å². The highest BCUT2D eigenvalue weighted by Gasteiger charge is 2.26. The van der Waals surface area contributed by atoms with Crippen molar-refractivity contribution in [1.82, 2.24) is 15.5 Å². The molecular formula is C20H28FN3O2S. The Hall–Kier alpha value is -1.60. The lowest BCUT2D eigenvalue weighted by molar-refractivity contribution is -0.132. The van der Waals surface area contributed by atoms with Crippen LogP contribution in [0, 0.1) is 11.7 Å². The molecule has 3 rings (SSSR count). The van der Waals surface area contributed by atoms with Crippen LogP contribution in [0.2, 0.25) is 0 Å². The summed E-state index contributed by atoms with van der Waals surface area (Å²) >= 11 is 1.57. The minimum atomic E-state index is -0.245. The summed E-state index contributed by atoms with van der Waals surface area (Å²) in [5.74, 6) is 1.03. The van der Waals surface area contributed by atoms with E-state index in [0.29, 0.717) is 24.6 Å². The number of hydrogen-bond donors (Lipinski definition) is 2. The van der Waals surface area contributed by atoms with Crippen molar-refractivity contribution in [2.75, 3.05) is 31.9 Å².